The van der Waals surface area contributed by atoms with Crippen LogP contribution in [0.1, 0.15) is 21.7 Å². The molecule has 1 aromatic carbocycles. The van der Waals surface area contributed by atoms with Gasteiger partial charge in [-0.2, -0.15) is 0 Å². The molecule has 0 aliphatic rings. The number of H-pyrrole nitrogens is 1. The van der Waals surface area contributed by atoms with Crippen LogP contribution in [0.3, 0.4) is 0 Å². The smallest absolute Gasteiger partial charge is 0.320 e. The van der Waals surface area contributed by atoms with E-state index in [4.69, 9.17) is 5.73 Å². The van der Waals surface area contributed by atoms with Gasteiger partial charge in [-0.3, -0.25) is 10.1 Å². The number of nitrogens with two attached hydrogens (primary N) is 1. The predicted molar refractivity (Wildman–Crippen MR) is 129 cm³/mol. The molecule has 32 heavy (non-hydrogen) atoms. The number of benzene rings is 1. The third-order valence-corrected chi connectivity index (χ3v) is 6.59. The SMILES string of the molecule is CNC(=O)Nc1nc(N)c(-c2nc(-c3cccc(NC(=O)c4cc(C)[nH]c4C)c3)cs2)s1. The van der Waals surface area contributed by atoms with Crippen LogP contribution < -0.4 is 21.7 Å². The maximum atomic E-state index is 12.6. The molecule has 3 amide bonds. The van der Waals surface area contributed by atoms with Gasteiger partial charge >= 0.3 is 6.03 Å². The molecule has 0 bridgehead atoms. The lowest BCUT2D eigenvalue weighted by Crippen LogP contribution is -2.24. The van der Waals surface area contributed by atoms with E-state index in [2.05, 4.69) is 30.9 Å². The van der Waals surface area contributed by atoms with E-state index in [0.717, 1.165) is 22.6 Å². The van der Waals surface area contributed by atoms with Crippen molar-refractivity contribution >= 4 is 51.2 Å². The number of aromatic nitrogens is 3. The minimum Gasteiger partial charge on any atom is -0.382 e. The molecule has 0 radical (unpaired) electrons. The van der Waals surface area contributed by atoms with Crippen molar-refractivity contribution in [2.75, 3.05) is 23.4 Å². The molecule has 9 nitrogen and oxygen atoms in total. The van der Waals surface area contributed by atoms with Crippen molar-refractivity contribution in [3.8, 4) is 21.1 Å². The Morgan fingerprint density at radius 1 is 1.12 bits per heavy atom. The van der Waals surface area contributed by atoms with E-state index < -0.39 is 0 Å². The zero-order valence-electron chi connectivity index (χ0n) is 17.6. The fourth-order valence-corrected chi connectivity index (χ4v) is 4.93. The summed E-state index contributed by atoms with van der Waals surface area (Å²) in [5.41, 5.74) is 10.7. The Bertz CT molecular complexity index is 1310. The number of aryl methyl sites for hydroxylation is 2. The number of carbonyl (C=O) groups excluding carboxylic acids is 2. The van der Waals surface area contributed by atoms with Gasteiger partial charge in [-0.15, -0.1) is 11.3 Å². The molecule has 4 rings (SSSR count). The van der Waals surface area contributed by atoms with E-state index in [-0.39, 0.29) is 11.9 Å². The van der Waals surface area contributed by atoms with Crippen LogP contribution in [0.2, 0.25) is 0 Å². The summed E-state index contributed by atoms with van der Waals surface area (Å²) in [6.45, 7) is 3.79. The molecule has 11 heteroatoms. The average molecular weight is 468 g/mol. The van der Waals surface area contributed by atoms with Gasteiger partial charge in [0.1, 0.15) is 15.7 Å². The first-order chi connectivity index (χ1) is 15.3. The van der Waals surface area contributed by atoms with Crippen molar-refractivity contribution in [2.24, 2.45) is 0 Å². The Balaban J connectivity index is 1.54. The number of amides is 3. The molecule has 0 unspecified atom stereocenters. The number of thiazole rings is 2. The first-order valence-corrected chi connectivity index (χ1v) is 11.3. The molecular formula is C21H21N7O2S2. The molecule has 0 aliphatic heterocycles. The third kappa shape index (κ3) is 4.48. The Labute approximate surface area is 192 Å². The van der Waals surface area contributed by atoms with Crippen LogP contribution in [0.25, 0.3) is 21.1 Å². The van der Waals surface area contributed by atoms with E-state index in [0.29, 0.717) is 32.1 Å². The lowest BCUT2D eigenvalue weighted by Gasteiger charge is -2.06. The van der Waals surface area contributed by atoms with E-state index in [1.807, 2.05) is 49.6 Å². The van der Waals surface area contributed by atoms with Crippen LogP contribution in [0, 0.1) is 13.8 Å². The molecule has 0 spiro atoms. The largest absolute Gasteiger partial charge is 0.382 e. The quantitative estimate of drug-likeness (QED) is 0.295. The van der Waals surface area contributed by atoms with Crippen LogP contribution in [-0.4, -0.2) is 33.9 Å². The van der Waals surface area contributed by atoms with E-state index in [1.165, 1.54) is 29.7 Å². The fraction of sp³-hybridized carbons (Fsp3) is 0.143. The number of nitrogen functional groups attached to an aromatic ring is 1. The second-order valence-corrected chi connectivity index (χ2v) is 8.86. The zero-order valence-corrected chi connectivity index (χ0v) is 19.2. The lowest BCUT2D eigenvalue weighted by atomic mass is 10.1. The minimum atomic E-state index is -0.367. The molecule has 4 aromatic rings. The second kappa shape index (κ2) is 8.81. The number of nitrogens with one attached hydrogen (secondary N) is 4. The van der Waals surface area contributed by atoms with Crippen molar-refractivity contribution in [3.63, 3.8) is 0 Å². The van der Waals surface area contributed by atoms with Crippen molar-refractivity contribution in [3.05, 3.63) is 52.7 Å². The fourth-order valence-electron chi connectivity index (χ4n) is 3.12. The van der Waals surface area contributed by atoms with Gasteiger partial charge in [0.05, 0.1) is 11.3 Å². The van der Waals surface area contributed by atoms with Crippen molar-refractivity contribution in [2.45, 2.75) is 13.8 Å². The molecule has 164 valence electrons. The summed E-state index contributed by atoms with van der Waals surface area (Å²) in [6, 6.07) is 8.96. The number of hydrogen-bond acceptors (Lipinski definition) is 7. The van der Waals surface area contributed by atoms with Gasteiger partial charge in [0, 0.05) is 35.1 Å². The first-order valence-electron chi connectivity index (χ1n) is 9.63. The minimum absolute atomic E-state index is 0.170. The molecule has 0 saturated heterocycles. The Morgan fingerprint density at radius 2 is 1.94 bits per heavy atom. The Hall–Kier alpha value is -3.70. The molecule has 6 N–H and O–H groups in total. The monoisotopic (exact) mass is 467 g/mol. The highest BCUT2D eigenvalue weighted by molar-refractivity contribution is 7.23. The summed E-state index contributed by atoms with van der Waals surface area (Å²) in [7, 11) is 1.53. The van der Waals surface area contributed by atoms with E-state index in [1.54, 1.807) is 0 Å². The van der Waals surface area contributed by atoms with Crippen molar-refractivity contribution in [1.29, 1.82) is 0 Å². The number of carbonyl (C=O) groups is 2. The summed E-state index contributed by atoms with van der Waals surface area (Å²) in [5.74, 6) is 0.136. The summed E-state index contributed by atoms with van der Waals surface area (Å²) in [5, 5.41) is 11.0. The third-order valence-electron chi connectivity index (χ3n) is 4.61. The zero-order chi connectivity index (χ0) is 22.8. The van der Waals surface area contributed by atoms with E-state index in [9.17, 15) is 9.59 Å². The number of hydrogen-bond donors (Lipinski definition) is 5. The predicted octanol–water partition coefficient (Wildman–Crippen LogP) is 4.46. The molecule has 3 heterocycles. The number of nitrogens with zero attached hydrogens (tertiary/aromatic N) is 2. The molecule has 0 saturated carbocycles. The summed E-state index contributed by atoms with van der Waals surface area (Å²) >= 11 is 2.69. The average Bonchev–Trinajstić information content (AvgIpc) is 3.46. The van der Waals surface area contributed by atoms with Gasteiger partial charge in [0.25, 0.3) is 5.91 Å². The van der Waals surface area contributed by atoms with Crippen LogP contribution >= 0.6 is 22.7 Å². The van der Waals surface area contributed by atoms with Crippen molar-refractivity contribution in [1.82, 2.24) is 20.3 Å². The highest BCUT2D eigenvalue weighted by atomic mass is 32.1. The highest BCUT2D eigenvalue weighted by Gasteiger charge is 2.17. The van der Waals surface area contributed by atoms with Crippen LogP contribution in [0.4, 0.5) is 21.4 Å². The summed E-state index contributed by atoms with van der Waals surface area (Å²) in [6.07, 6.45) is 0. The molecular weight excluding hydrogens is 446 g/mol. The second-order valence-electron chi connectivity index (χ2n) is 7.00. The number of rotatable bonds is 5. The standard InChI is InChI=1S/C21H21N7O2S2/c1-10-7-14(11(2)24-10)18(29)25-13-6-4-5-12(8-13)15-9-31-19(26-15)16-17(22)27-21(32-16)28-20(30)23-3/h4-9,24H,22H2,1-3H3,(H,25,29)(H2,23,27,28,30). The lowest BCUT2D eigenvalue weighted by molar-refractivity contribution is 0.102. The Morgan fingerprint density at radius 3 is 2.66 bits per heavy atom. The van der Waals surface area contributed by atoms with Gasteiger partial charge in [-0.25, -0.2) is 14.8 Å². The first kappa shape index (κ1) is 21.5. The van der Waals surface area contributed by atoms with Gasteiger partial charge in [-0.1, -0.05) is 23.5 Å². The molecule has 0 fully saturated rings. The number of anilines is 3. The van der Waals surface area contributed by atoms with Gasteiger partial charge in [-0.05, 0) is 32.0 Å². The Kier molecular flexibility index (Phi) is 5.93. The van der Waals surface area contributed by atoms with E-state index >= 15 is 0 Å². The van der Waals surface area contributed by atoms with Gasteiger partial charge in [0.2, 0.25) is 0 Å². The topological polar surface area (TPSA) is 138 Å². The molecule has 3 aromatic heterocycles. The molecule has 0 atom stereocenters. The summed E-state index contributed by atoms with van der Waals surface area (Å²) in [4.78, 5) is 36.8. The van der Waals surface area contributed by atoms with Crippen molar-refractivity contribution < 1.29 is 9.59 Å². The van der Waals surface area contributed by atoms with Crippen LogP contribution in [0.15, 0.2) is 35.7 Å². The molecule has 0 aliphatic carbocycles. The maximum Gasteiger partial charge on any atom is 0.320 e. The number of aromatic amines is 1. The normalized spacial score (nSPS) is 10.7. The van der Waals surface area contributed by atoms with Gasteiger partial charge in [0.15, 0.2) is 5.13 Å². The highest BCUT2D eigenvalue weighted by Crippen LogP contribution is 2.38. The summed E-state index contributed by atoms with van der Waals surface area (Å²) < 4.78 is 0. The number of urea groups is 1. The van der Waals surface area contributed by atoms with Crippen LogP contribution in [-0.2, 0) is 0 Å². The van der Waals surface area contributed by atoms with Gasteiger partial charge < -0.3 is 21.4 Å². The van der Waals surface area contributed by atoms with Crippen LogP contribution in [0.5, 0.6) is 0 Å². The maximum absolute atomic E-state index is 12.6.